The molecule has 0 amide bonds. The van der Waals surface area contributed by atoms with Crippen LogP contribution < -0.4 is 4.90 Å². The van der Waals surface area contributed by atoms with E-state index in [2.05, 4.69) is 39.9 Å². The van der Waals surface area contributed by atoms with Crippen LogP contribution in [-0.2, 0) is 4.74 Å². The Morgan fingerprint density at radius 1 is 1.20 bits per heavy atom. The number of fused-ring (bicyclic) bond motifs is 1. The summed E-state index contributed by atoms with van der Waals surface area (Å²) in [6, 6.07) is 2.66. The molecule has 2 aliphatic carbocycles. The number of likely N-dealkylation sites (N-methyl/N-ethyl adjacent to an activating group) is 1. The van der Waals surface area contributed by atoms with E-state index in [0.29, 0.717) is 29.7 Å². The first-order valence-corrected chi connectivity index (χ1v) is 9.39. The SMILES string of the molecule is CN(C)[C@@H]1C[C@@H]2CN(c3nccnc3C#N)C[C@@H]2C[C@H]1OCC1CC1. The summed E-state index contributed by atoms with van der Waals surface area (Å²) < 4.78 is 6.33. The van der Waals surface area contributed by atoms with Gasteiger partial charge < -0.3 is 14.5 Å². The van der Waals surface area contributed by atoms with Crippen molar-refractivity contribution < 1.29 is 4.74 Å². The van der Waals surface area contributed by atoms with Crippen molar-refractivity contribution in [1.29, 1.82) is 5.26 Å². The van der Waals surface area contributed by atoms with Crippen molar-refractivity contribution in [3.63, 3.8) is 0 Å². The Morgan fingerprint density at radius 3 is 2.60 bits per heavy atom. The van der Waals surface area contributed by atoms with Gasteiger partial charge in [-0.15, -0.1) is 0 Å². The van der Waals surface area contributed by atoms with E-state index in [0.717, 1.165) is 44.3 Å². The minimum atomic E-state index is 0.328. The molecule has 4 rings (SSSR count). The van der Waals surface area contributed by atoms with Crippen molar-refractivity contribution in [3.8, 4) is 6.07 Å². The molecule has 2 saturated carbocycles. The van der Waals surface area contributed by atoms with E-state index < -0.39 is 0 Å². The highest BCUT2D eigenvalue weighted by molar-refractivity contribution is 5.50. The number of aromatic nitrogens is 2. The van der Waals surface area contributed by atoms with Gasteiger partial charge in [0.1, 0.15) is 6.07 Å². The molecular formula is C19H27N5O. The van der Waals surface area contributed by atoms with Gasteiger partial charge in [0.25, 0.3) is 0 Å². The zero-order valence-corrected chi connectivity index (χ0v) is 15.1. The number of anilines is 1. The summed E-state index contributed by atoms with van der Waals surface area (Å²) in [7, 11) is 4.34. The third-order valence-corrected chi connectivity index (χ3v) is 6.08. The lowest BCUT2D eigenvalue weighted by molar-refractivity contribution is -0.0493. The van der Waals surface area contributed by atoms with Crippen molar-refractivity contribution in [2.45, 2.75) is 37.8 Å². The normalized spacial score (nSPS) is 31.8. The lowest BCUT2D eigenvalue weighted by Crippen LogP contribution is -2.48. The van der Waals surface area contributed by atoms with E-state index in [-0.39, 0.29) is 0 Å². The monoisotopic (exact) mass is 341 g/mol. The molecule has 6 heteroatoms. The van der Waals surface area contributed by atoms with Crippen molar-refractivity contribution in [2.24, 2.45) is 17.8 Å². The molecule has 1 aromatic heterocycles. The highest BCUT2D eigenvalue weighted by atomic mass is 16.5. The Balaban J connectivity index is 1.47. The molecule has 6 nitrogen and oxygen atoms in total. The summed E-state index contributed by atoms with van der Waals surface area (Å²) in [4.78, 5) is 13.2. The van der Waals surface area contributed by atoms with Crippen LogP contribution in [0.1, 0.15) is 31.4 Å². The molecule has 4 atom stereocenters. The van der Waals surface area contributed by atoms with E-state index >= 15 is 0 Å². The van der Waals surface area contributed by atoms with Crippen molar-refractivity contribution in [2.75, 3.05) is 38.7 Å². The third kappa shape index (κ3) is 3.49. The Labute approximate surface area is 149 Å². The maximum Gasteiger partial charge on any atom is 0.183 e. The second kappa shape index (κ2) is 6.89. The molecule has 134 valence electrons. The quantitative estimate of drug-likeness (QED) is 0.815. The molecule has 1 aromatic rings. The fourth-order valence-corrected chi connectivity index (χ4v) is 4.47. The molecule has 2 heterocycles. The Morgan fingerprint density at radius 2 is 1.92 bits per heavy atom. The molecule has 1 saturated heterocycles. The summed E-state index contributed by atoms with van der Waals surface area (Å²) in [6.07, 6.45) is 8.54. The number of ether oxygens (including phenoxy) is 1. The van der Waals surface area contributed by atoms with Crippen LogP contribution in [0.5, 0.6) is 0 Å². The highest BCUT2D eigenvalue weighted by Gasteiger charge is 2.44. The zero-order valence-electron chi connectivity index (χ0n) is 15.1. The average molecular weight is 341 g/mol. The highest BCUT2D eigenvalue weighted by Crippen LogP contribution is 2.41. The van der Waals surface area contributed by atoms with Gasteiger partial charge in [0.05, 0.1) is 6.10 Å². The lowest BCUT2D eigenvalue weighted by Gasteiger charge is -2.41. The molecule has 0 spiro atoms. The fraction of sp³-hybridized carbons (Fsp3) is 0.737. The van der Waals surface area contributed by atoms with Gasteiger partial charge in [-0.2, -0.15) is 5.26 Å². The molecule has 0 unspecified atom stereocenters. The van der Waals surface area contributed by atoms with Gasteiger partial charge in [-0.3, -0.25) is 0 Å². The minimum absolute atomic E-state index is 0.328. The second-order valence-electron chi connectivity index (χ2n) is 8.08. The van der Waals surface area contributed by atoms with Crippen molar-refractivity contribution in [3.05, 3.63) is 18.1 Å². The van der Waals surface area contributed by atoms with E-state index in [1.165, 1.54) is 12.8 Å². The molecule has 0 aromatic carbocycles. The maximum absolute atomic E-state index is 9.32. The van der Waals surface area contributed by atoms with Crippen molar-refractivity contribution in [1.82, 2.24) is 14.9 Å². The Bertz CT molecular complexity index is 653. The summed E-state index contributed by atoms with van der Waals surface area (Å²) in [6.45, 7) is 2.86. The topological polar surface area (TPSA) is 65.3 Å². The van der Waals surface area contributed by atoms with Crippen LogP contribution in [-0.4, -0.2) is 60.8 Å². The van der Waals surface area contributed by atoms with E-state index in [1.807, 2.05) is 0 Å². The molecule has 3 aliphatic rings. The van der Waals surface area contributed by atoms with Crippen LogP contribution in [0.15, 0.2) is 12.4 Å². The van der Waals surface area contributed by atoms with Gasteiger partial charge in [-0.1, -0.05) is 0 Å². The van der Waals surface area contributed by atoms with Gasteiger partial charge in [-0.05, 0) is 57.5 Å². The molecule has 0 bridgehead atoms. The summed E-state index contributed by atoms with van der Waals surface area (Å²) in [5.41, 5.74) is 0.437. The van der Waals surface area contributed by atoms with Gasteiger partial charge in [0.15, 0.2) is 11.5 Å². The third-order valence-electron chi connectivity index (χ3n) is 6.08. The first-order valence-electron chi connectivity index (χ1n) is 9.39. The Kier molecular flexibility index (Phi) is 4.61. The van der Waals surface area contributed by atoms with Gasteiger partial charge >= 0.3 is 0 Å². The number of nitrogens with zero attached hydrogens (tertiary/aromatic N) is 5. The van der Waals surface area contributed by atoms with Crippen LogP contribution >= 0.6 is 0 Å². The predicted molar refractivity (Wildman–Crippen MR) is 95.1 cm³/mol. The molecule has 25 heavy (non-hydrogen) atoms. The van der Waals surface area contributed by atoms with Crippen LogP contribution in [0.25, 0.3) is 0 Å². The maximum atomic E-state index is 9.32. The van der Waals surface area contributed by atoms with E-state index in [9.17, 15) is 5.26 Å². The minimum Gasteiger partial charge on any atom is -0.376 e. The smallest absolute Gasteiger partial charge is 0.183 e. The molecule has 0 N–H and O–H groups in total. The largest absolute Gasteiger partial charge is 0.376 e. The van der Waals surface area contributed by atoms with Crippen molar-refractivity contribution >= 4 is 5.82 Å². The summed E-state index contributed by atoms with van der Waals surface area (Å²) >= 11 is 0. The number of rotatable bonds is 5. The lowest BCUT2D eigenvalue weighted by atomic mass is 9.77. The van der Waals surface area contributed by atoms with Crippen LogP contribution in [0.2, 0.25) is 0 Å². The first-order chi connectivity index (χ1) is 12.2. The van der Waals surface area contributed by atoms with Crippen LogP contribution in [0.3, 0.4) is 0 Å². The average Bonchev–Trinajstić information content (AvgIpc) is 3.36. The predicted octanol–water partition coefficient (Wildman–Crippen LogP) is 1.92. The fourth-order valence-electron chi connectivity index (χ4n) is 4.47. The molecule has 0 radical (unpaired) electrons. The van der Waals surface area contributed by atoms with Gasteiger partial charge in [0.2, 0.25) is 0 Å². The number of hydrogen-bond acceptors (Lipinski definition) is 6. The van der Waals surface area contributed by atoms with E-state index in [1.54, 1.807) is 12.4 Å². The number of nitriles is 1. The van der Waals surface area contributed by atoms with Crippen LogP contribution in [0.4, 0.5) is 5.82 Å². The van der Waals surface area contributed by atoms with Gasteiger partial charge in [0, 0.05) is 38.1 Å². The van der Waals surface area contributed by atoms with Gasteiger partial charge in [-0.25, -0.2) is 9.97 Å². The standard InChI is InChI=1S/C19H27N5O/c1-23(2)17-7-14-10-24(19-16(9-20)21-5-6-22-19)11-15(14)8-18(17)25-12-13-3-4-13/h5-6,13-15,17-18H,3-4,7-8,10-12H2,1-2H3/t14-,15+,17-,18-/m1/s1. The molecule has 3 fully saturated rings. The zero-order chi connectivity index (χ0) is 17.4. The van der Waals surface area contributed by atoms with Crippen LogP contribution in [0, 0.1) is 29.1 Å². The first kappa shape index (κ1) is 16.7. The Hall–Kier alpha value is -1.71. The molecular weight excluding hydrogens is 314 g/mol. The second-order valence-corrected chi connectivity index (χ2v) is 8.08. The van der Waals surface area contributed by atoms with E-state index in [4.69, 9.17) is 4.74 Å². The number of hydrogen-bond donors (Lipinski definition) is 0. The summed E-state index contributed by atoms with van der Waals surface area (Å²) in [5, 5.41) is 9.32. The molecule has 1 aliphatic heterocycles. The summed E-state index contributed by atoms with van der Waals surface area (Å²) in [5.74, 6) is 2.81.